The number of hydrogen-bond donors (Lipinski definition) is 4. The topological polar surface area (TPSA) is 117 Å². The minimum atomic E-state index is -0.207. The van der Waals surface area contributed by atoms with E-state index in [-0.39, 0.29) is 17.8 Å². The molecule has 5 N–H and O–H groups in total. The molecule has 1 unspecified atom stereocenters. The maximum atomic E-state index is 12.5. The molecule has 0 spiro atoms. The Balaban J connectivity index is 1.35. The predicted molar refractivity (Wildman–Crippen MR) is 151 cm³/mol. The Morgan fingerprint density at radius 2 is 1.84 bits per heavy atom. The van der Waals surface area contributed by atoms with Gasteiger partial charge in [0.05, 0.1) is 21.8 Å². The number of rotatable bonds is 9. The Labute approximate surface area is 222 Å². The zero-order chi connectivity index (χ0) is 25.6. The predicted octanol–water partition coefficient (Wildman–Crippen LogP) is 5.81. The number of amides is 1. The van der Waals surface area contributed by atoms with Gasteiger partial charge in [0.1, 0.15) is 10.8 Å². The quantitative estimate of drug-likeness (QED) is 0.110. The molecule has 1 amide bonds. The second kappa shape index (κ2) is 11.3. The summed E-state index contributed by atoms with van der Waals surface area (Å²) < 4.78 is 4.71. The van der Waals surface area contributed by atoms with Gasteiger partial charge in [-0.3, -0.25) is 15.2 Å². The highest BCUT2D eigenvalue weighted by atomic mass is 32.2. The number of pyridine rings is 1. The summed E-state index contributed by atoms with van der Waals surface area (Å²) in [6.45, 7) is 0. The van der Waals surface area contributed by atoms with E-state index in [1.807, 2.05) is 66.7 Å². The third-order valence-corrected chi connectivity index (χ3v) is 7.66. The fourth-order valence-corrected chi connectivity index (χ4v) is 5.70. The van der Waals surface area contributed by atoms with Crippen molar-refractivity contribution >= 4 is 50.9 Å². The van der Waals surface area contributed by atoms with E-state index in [1.54, 1.807) is 35.9 Å². The van der Waals surface area contributed by atoms with Gasteiger partial charge in [-0.1, -0.05) is 36.4 Å². The molecule has 0 aliphatic heterocycles. The van der Waals surface area contributed by atoms with Crippen molar-refractivity contribution in [3.8, 4) is 0 Å². The third-order valence-electron chi connectivity index (χ3n) is 5.62. The van der Waals surface area contributed by atoms with Crippen molar-refractivity contribution in [1.82, 2.24) is 14.7 Å². The Bertz CT molecular complexity index is 1520. The summed E-state index contributed by atoms with van der Waals surface area (Å²) >= 11 is 3.15. The molecular formula is C28H24N6OS2. The first-order valence-electron chi connectivity index (χ1n) is 11.6. The van der Waals surface area contributed by atoms with Crippen LogP contribution in [0.15, 0.2) is 102 Å². The van der Waals surface area contributed by atoms with Crippen LogP contribution in [0.1, 0.15) is 32.5 Å². The van der Waals surface area contributed by atoms with Gasteiger partial charge in [0, 0.05) is 28.5 Å². The number of benzene rings is 3. The second-order valence-corrected chi connectivity index (χ2v) is 10.3. The van der Waals surface area contributed by atoms with Crippen LogP contribution in [0.5, 0.6) is 0 Å². The standard InChI is InChI=1S/C28H24N6OS2/c29-26(30)19-7-3-6-18(14-19)15-24(28-33-23-11-1-2-12-25(23)36-28)34-37-22-10-4-9-21(16-22)32-27(35)20-8-5-13-31-17-20/h1-14,16-17,24,34H,15H2,(H3,29,30)(H,32,35). The lowest BCUT2D eigenvalue weighted by Crippen LogP contribution is -2.18. The van der Waals surface area contributed by atoms with Crippen LogP contribution in [0.2, 0.25) is 0 Å². The zero-order valence-corrected chi connectivity index (χ0v) is 21.4. The highest BCUT2D eigenvalue weighted by molar-refractivity contribution is 7.97. The van der Waals surface area contributed by atoms with Crippen LogP contribution < -0.4 is 15.8 Å². The fourth-order valence-electron chi connectivity index (χ4n) is 3.80. The Hall–Kier alpha value is -4.05. The van der Waals surface area contributed by atoms with E-state index in [4.69, 9.17) is 16.1 Å². The van der Waals surface area contributed by atoms with Gasteiger partial charge in [-0.25, -0.2) is 9.71 Å². The smallest absolute Gasteiger partial charge is 0.257 e. The van der Waals surface area contributed by atoms with Gasteiger partial charge in [-0.2, -0.15) is 0 Å². The molecule has 2 heterocycles. The van der Waals surface area contributed by atoms with Crippen molar-refractivity contribution in [3.05, 3.63) is 119 Å². The Morgan fingerprint density at radius 1 is 1.00 bits per heavy atom. The fraction of sp³-hybridized carbons (Fsp3) is 0.0714. The van der Waals surface area contributed by atoms with E-state index in [2.05, 4.69) is 21.1 Å². The lowest BCUT2D eigenvalue weighted by molar-refractivity contribution is 0.102. The van der Waals surface area contributed by atoms with Gasteiger partial charge in [0.2, 0.25) is 0 Å². The van der Waals surface area contributed by atoms with Gasteiger partial charge in [-0.15, -0.1) is 11.3 Å². The lowest BCUT2D eigenvalue weighted by atomic mass is 10.0. The van der Waals surface area contributed by atoms with Crippen molar-refractivity contribution in [1.29, 1.82) is 5.41 Å². The number of amidine groups is 1. The van der Waals surface area contributed by atoms with Crippen LogP contribution in [-0.4, -0.2) is 21.7 Å². The summed E-state index contributed by atoms with van der Waals surface area (Å²) in [5, 5.41) is 11.7. The largest absolute Gasteiger partial charge is 0.384 e. The van der Waals surface area contributed by atoms with Gasteiger partial charge in [-0.05, 0) is 72.5 Å². The van der Waals surface area contributed by atoms with Gasteiger partial charge >= 0.3 is 0 Å². The first-order valence-corrected chi connectivity index (χ1v) is 13.2. The average Bonchev–Trinajstić information content (AvgIpc) is 3.36. The van der Waals surface area contributed by atoms with Crippen LogP contribution in [-0.2, 0) is 6.42 Å². The molecule has 3 aromatic carbocycles. The molecule has 0 radical (unpaired) electrons. The summed E-state index contributed by atoms with van der Waals surface area (Å²) in [5.74, 6) is -0.160. The highest BCUT2D eigenvalue weighted by Crippen LogP contribution is 2.31. The number of carbonyl (C=O) groups excluding carboxylic acids is 1. The van der Waals surface area contributed by atoms with E-state index < -0.39 is 0 Å². The van der Waals surface area contributed by atoms with Crippen molar-refractivity contribution in [2.75, 3.05) is 5.32 Å². The summed E-state index contributed by atoms with van der Waals surface area (Å²) in [5.41, 5.74) is 9.64. The second-order valence-electron chi connectivity index (χ2n) is 8.33. The number of hydrogen-bond acceptors (Lipinski definition) is 7. The molecule has 0 fully saturated rings. The molecule has 5 aromatic rings. The first-order chi connectivity index (χ1) is 18.0. The molecule has 0 aliphatic carbocycles. The molecule has 2 aromatic heterocycles. The number of anilines is 1. The van der Waals surface area contributed by atoms with Crippen LogP contribution >= 0.6 is 23.3 Å². The first kappa shape index (κ1) is 24.6. The molecular weight excluding hydrogens is 500 g/mol. The van der Waals surface area contributed by atoms with Gasteiger partial charge in [0.15, 0.2) is 0 Å². The van der Waals surface area contributed by atoms with Crippen LogP contribution in [0.4, 0.5) is 5.69 Å². The van der Waals surface area contributed by atoms with Crippen LogP contribution in [0, 0.1) is 5.41 Å². The molecule has 5 rings (SSSR count). The van der Waals surface area contributed by atoms with Crippen LogP contribution in [0.3, 0.4) is 0 Å². The number of fused-ring (bicyclic) bond motifs is 1. The number of aromatic nitrogens is 2. The van der Waals surface area contributed by atoms with Crippen molar-refractivity contribution in [2.24, 2.45) is 5.73 Å². The minimum absolute atomic E-state index is 0.0471. The maximum absolute atomic E-state index is 12.5. The number of nitrogens with zero attached hydrogens (tertiary/aromatic N) is 2. The number of carbonyl (C=O) groups is 1. The van der Waals surface area contributed by atoms with Gasteiger partial charge < -0.3 is 11.1 Å². The molecule has 1 atom stereocenters. The Morgan fingerprint density at radius 3 is 2.65 bits per heavy atom. The number of para-hydroxylation sites is 1. The highest BCUT2D eigenvalue weighted by Gasteiger charge is 2.18. The number of thiazole rings is 1. The monoisotopic (exact) mass is 524 g/mol. The molecule has 7 nitrogen and oxygen atoms in total. The molecule has 0 saturated carbocycles. The van der Waals surface area contributed by atoms with E-state index in [1.165, 1.54) is 11.9 Å². The maximum Gasteiger partial charge on any atom is 0.257 e. The number of nitrogen functional groups attached to an aromatic ring is 1. The van der Waals surface area contributed by atoms with E-state index in [0.29, 0.717) is 23.2 Å². The van der Waals surface area contributed by atoms with Crippen molar-refractivity contribution in [3.63, 3.8) is 0 Å². The minimum Gasteiger partial charge on any atom is -0.384 e. The van der Waals surface area contributed by atoms with E-state index >= 15 is 0 Å². The van der Waals surface area contributed by atoms with Gasteiger partial charge in [0.25, 0.3) is 5.91 Å². The summed E-state index contributed by atoms with van der Waals surface area (Å²) in [7, 11) is 0. The summed E-state index contributed by atoms with van der Waals surface area (Å²) in [6.07, 6.45) is 3.85. The van der Waals surface area contributed by atoms with Crippen molar-refractivity contribution < 1.29 is 4.79 Å². The molecule has 37 heavy (non-hydrogen) atoms. The normalized spacial score (nSPS) is 11.8. The molecule has 0 saturated heterocycles. The third kappa shape index (κ3) is 6.21. The molecule has 184 valence electrons. The number of nitrogens with two attached hydrogens (primary N) is 1. The molecule has 0 aliphatic rings. The number of nitrogens with one attached hydrogen (secondary N) is 3. The van der Waals surface area contributed by atoms with E-state index in [9.17, 15) is 4.79 Å². The SMILES string of the molecule is N=C(N)c1cccc(CC(NSc2cccc(NC(=O)c3cccnc3)c2)c2nc3ccccc3s2)c1. The van der Waals surface area contributed by atoms with E-state index in [0.717, 1.165) is 25.7 Å². The molecule has 9 heteroatoms. The lowest BCUT2D eigenvalue weighted by Gasteiger charge is -2.17. The summed E-state index contributed by atoms with van der Waals surface area (Å²) in [4.78, 5) is 22.4. The molecule has 0 bridgehead atoms. The Kier molecular flexibility index (Phi) is 7.55. The summed E-state index contributed by atoms with van der Waals surface area (Å²) in [6, 6.07) is 26.9. The van der Waals surface area contributed by atoms with Crippen molar-refractivity contribution in [2.45, 2.75) is 17.4 Å². The zero-order valence-electron chi connectivity index (χ0n) is 19.7. The van der Waals surface area contributed by atoms with Crippen LogP contribution in [0.25, 0.3) is 10.2 Å². The average molecular weight is 525 g/mol.